The SMILES string of the molecule is COc1ccc(-c2nc(C(F)(F)F)ccc2CCC(C(N)=O)c2ccc(N(C)[SH](=O)=O)c(F)c2)cc1OC. The van der Waals surface area contributed by atoms with Crippen LogP contribution in [-0.4, -0.2) is 40.6 Å². The highest BCUT2D eigenvalue weighted by molar-refractivity contribution is 7.74. The summed E-state index contributed by atoms with van der Waals surface area (Å²) < 4.78 is 88.5. The average Bonchev–Trinajstić information content (AvgIpc) is 2.87. The number of rotatable bonds is 10. The third-order valence-corrected chi connectivity index (χ3v) is 6.65. The molecule has 0 bridgehead atoms. The van der Waals surface area contributed by atoms with Crippen molar-refractivity contribution in [2.75, 3.05) is 25.6 Å². The zero-order valence-electron chi connectivity index (χ0n) is 20.6. The molecule has 0 aliphatic heterocycles. The second-order valence-electron chi connectivity index (χ2n) is 8.24. The van der Waals surface area contributed by atoms with E-state index in [-0.39, 0.29) is 35.5 Å². The van der Waals surface area contributed by atoms with Gasteiger partial charge in [0, 0.05) is 12.6 Å². The molecule has 1 heterocycles. The molecule has 3 aromatic rings. The van der Waals surface area contributed by atoms with Crippen LogP contribution in [0.3, 0.4) is 0 Å². The number of alkyl halides is 3. The fourth-order valence-electron chi connectivity index (χ4n) is 3.94. The van der Waals surface area contributed by atoms with Crippen LogP contribution >= 0.6 is 0 Å². The van der Waals surface area contributed by atoms with Crippen molar-refractivity contribution in [2.24, 2.45) is 5.73 Å². The Kier molecular flexibility index (Phi) is 8.82. The molecule has 1 aromatic heterocycles. The first-order valence-electron chi connectivity index (χ1n) is 11.1. The van der Waals surface area contributed by atoms with Crippen LogP contribution < -0.4 is 19.5 Å². The van der Waals surface area contributed by atoms with Gasteiger partial charge in [-0.1, -0.05) is 12.1 Å². The molecule has 38 heavy (non-hydrogen) atoms. The fourth-order valence-corrected chi connectivity index (χ4v) is 4.28. The fraction of sp³-hybridized carbons (Fsp3) is 0.280. The summed E-state index contributed by atoms with van der Waals surface area (Å²) in [6.45, 7) is 0. The number of benzene rings is 2. The second-order valence-corrected chi connectivity index (χ2v) is 9.31. The molecule has 2 aromatic carbocycles. The van der Waals surface area contributed by atoms with Gasteiger partial charge in [-0.2, -0.15) is 13.2 Å². The zero-order valence-corrected chi connectivity index (χ0v) is 21.5. The van der Waals surface area contributed by atoms with Gasteiger partial charge in [-0.25, -0.2) is 17.8 Å². The highest BCUT2D eigenvalue weighted by atomic mass is 32.2. The quantitative estimate of drug-likeness (QED) is 0.288. The molecular formula is C25H25F4N3O5S. The number of ether oxygens (including phenoxy) is 2. The zero-order chi connectivity index (χ0) is 28.2. The summed E-state index contributed by atoms with van der Waals surface area (Å²) in [7, 11) is 0.900. The second kappa shape index (κ2) is 11.7. The molecule has 1 atom stereocenters. The van der Waals surface area contributed by atoms with Crippen LogP contribution in [0.25, 0.3) is 11.3 Å². The molecule has 204 valence electrons. The van der Waals surface area contributed by atoms with Crippen LogP contribution in [0.4, 0.5) is 23.2 Å². The van der Waals surface area contributed by atoms with Gasteiger partial charge < -0.3 is 15.2 Å². The Bertz CT molecular complexity index is 1400. The van der Waals surface area contributed by atoms with Crippen molar-refractivity contribution in [3.63, 3.8) is 0 Å². The number of aryl methyl sites for hydroxylation is 1. The van der Waals surface area contributed by atoms with Crippen molar-refractivity contribution in [1.82, 2.24) is 4.98 Å². The van der Waals surface area contributed by atoms with E-state index in [1.54, 1.807) is 0 Å². The number of pyridine rings is 1. The van der Waals surface area contributed by atoms with Crippen molar-refractivity contribution < 1.29 is 40.2 Å². The standard InChI is InChI=1S/C25H25F4N3O5S/c1-32(38(34)35)19-9-5-15(12-18(19)26)17(24(30)33)8-4-14-7-11-22(25(27,28)29)31-23(14)16-6-10-20(36-2)21(13-16)37-3/h5-7,9-13,17,38H,4,8H2,1-3H3,(H2,30,33). The van der Waals surface area contributed by atoms with E-state index in [9.17, 15) is 30.8 Å². The van der Waals surface area contributed by atoms with Crippen molar-refractivity contribution in [3.8, 4) is 22.8 Å². The summed E-state index contributed by atoms with van der Waals surface area (Å²) >= 11 is 0. The summed E-state index contributed by atoms with van der Waals surface area (Å²) in [4.78, 5) is 16.1. The van der Waals surface area contributed by atoms with Gasteiger partial charge >= 0.3 is 6.18 Å². The maximum atomic E-state index is 14.6. The first-order chi connectivity index (χ1) is 17.9. The minimum Gasteiger partial charge on any atom is -0.493 e. The van der Waals surface area contributed by atoms with E-state index in [1.807, 2.05) is 0 Å². The van der Waals surface area contributed by atoms with E-state index < -0.39 is 40.4 Å². The Balaban J connectivity index is 2.00. The molecule has 1 unspecified atom stereocenters. The largest absolute Gasteiger partial charge is 0.493 e. The molecule has 0 saturated heterocycles. The maximum absolute atomic E-state index is 14.6. The number of anilines is 1. The number of halogens is 4. The number of hydrogen-bond donors (Lipinski definition) is 2. The molecule has 3 rings (SSSR count). The van der Waals surface area contributed by atoms with Gasteiger partial charge in [0.15, 0.2) is 11.5 Å². The molecule has 0 spiro atoms. The van der Waals surface area contributed by atoms with Crippen molar-refractivity contribution >= 4 is 22.5 Å². The average molecular weight is 556 g/mol. The van der Waals surface area contributed by atoms with Gasteiger partial charge in [0.25, 0.3) is 0 Å². The summed E-state index contributed by atoms with van der Waals surface area (Å²) in [5.74, 6) is -2.02. The number of primary amides is 1. The highest BCUT2D eigenvalue weighted by Crippen LogP contribution is 2.36. The van der Waals surface area contributed by atoms with Gasteiger partial charge in [0.1, 0.15) is 11.5 Å². The van der Waals surface area contributed by atoms with Crippen LogP contribution in [0.1, 0.15) is 29.2 Å². The Labute approximate surface area is 218 Å². The predicted octanol–water partition coefficient (Wildman–Crippen LogP) is 4.09. The Morgan fingerprint density at radius 3 is 2.29 bits per heavy atom. The number of thiol groups is 1. The number of carbonyl (C=O) groups is 1. The van der Waals surface area contributed by atoms with E-state index >= 15 is 0 Å². The lowest BCUT2D eigenvalue weighted by molar-refractivity contribution is -0.141. The summed E-state index contributed by atoms with van der Waals surface area (Å²) in [6.07, 6.45) is -4.61. The molecule has 0 saturated carbocycles. The van der Waals surface area contributed by atoms with Gasteiger partial charge in [-0.3, -0.25) is 9.10 Å². The normalized spacial score (nSPS) is 12.3. The summed E-state index contributed by atoms with van der Waals surface area (Å²) in [6, 6.07) is 10.3. The monoisotopic (exact) mass is 555 g/mol. The molecule has 0 fully saturated rings. The van der Waals surface area contributed by atoms with E-state index in [0.29, 0.717) is 16.9 Å². The first kappa shape index (κ1) is 28.7. The van der Waals surface area contributed by atoms with E-state index in [0.717, 1.165) is 16.4 Å². The van der Waals surface area contributed by atoms with Crippen LogP contribution in [0.15, 0.2) is 48.5 Å². The summed E-state index contributed by atoms with van der Waals surface area (Å²) in [5.41, 5.74) is 5.18. The minimum absolute atomic E-state index is 0.0198. The number of amides is 1. The van der Waals surface area contributed by atoms with Crippen LogP contribution in [0, 0.1) is 5.82 Å². The Morgan fingerprint density at radius 1 is 1.05 bits per heavy atom. The number of methoxy groups -OCH3 is 2. The molecule has 2 N–H and O–H groups in total. The number of aromatic nitrogens is 1. The maximum Gasteiger partial charge on any atom is 0.433 e. The van der Waals surface area contributed by atoms with Crippen molar-refractivity contribution in [3.05, 3.63) is 71.2 Å². The van der Waals surface area contributed by atoms with Gasteiger partial charge in [-0.15, -0.1) is 0 Å². The highest BCUT2D eigenvalue weighted by Gasteiger charge is 2.33. The molecule has 0 aliphatic rings. The van der Waals surface area contributed by atoms with E-state index in [1.165, 1.54) is 57.7 Å². The number of nitrogens with zero attached hydrogens (tertiary/aromatic N) is 2. The molecule has 0 radical (unpaired) electrons. The molecule has 13 heteroatoms. The lowest BCUT2D eigenvalue weighted by atomic mass is 9.90. The summed E-state index contributed by atoms with van der Waals surface area (Å²) in [5, 5.41) is 0. The third-order valence-electron chi connectivity index (χ3n) is 5.94. The lowest BCUT2D eigenvalue weighted by Gasteiger charge is -2.19. The minimum atomic E-state index is -4.69. The third kappa shape index (κ3) is 6.33. The Morgan fingerprint density at radius 2 is 1.74 bits per heavy atom. The molecule has 1 amide bonds. The smallest absolute Gasteiger partial charge is 0.433 e. The van der Waals surface area contributed by atoms with Crippen LogP contribution in [0.5, 0.6) is 11.5 Å². The van der Waals surface area contributed by atoms with Crippen molar-refractivity contribution in [2.45, 2.75) is 24.9 Å². The van der Waals surface area contributed by atoms with Gasteiger partial charge in [0.05, 0.1) is 31.5 Å². The van der Waals surface area contributed by atoms with Crippen molar-refractivity contribution in [1.29, 1.82) is 0 Å². The first-order valence-corrected chi connectivity index (χ1v) is 12.3. The van der Waals surface area contributed by atoms with E-state index in [4.69, 9.17) is 15.2 Å². The predicted molar refractivity (Wildman–Crippen MR) is 133 cm³/mol. The van der Waals surface area contributed by atoms with Crippen LogP contribution in [0.2, 0.25) is 0 Å². The van der Waals surface area contributed by atoms with Crippen LogP contribution in [-0.2, 0) is 28.3 Å². The molecular weight excluding hydrogens is 530 g/mol. The molecule has 8 nitrogen and oxygen atoms in total. The topological polar surface area (TPSA) is 112 Å². The molecule has 0 aliphatic carbocycles. The van der Waals surface area contributed by atoms with Gasteiger partial charge in [-0.05, 0) is 60.4 Å². The van der Waals surface area contributed by atoms with E-state index in [2.05, 4.69) is 4.98 Å². The van der Waals surface area contributed by atoms with Gasteiger partial charge in [0.2, 0.25) is 16.8 Å². The lowest BCUT2D eigenvalue weighted by Crippen LogP contribution is -2.23. The Hall–Kier alpha value is -3.87. The number of carbonyl (C=O) groups excluding carboxylic acids is 1. The number of hydrogen-bond acceptors (Lipinski definition) is 6. The number of nitrogens with two attached hydrogens (primary N) is 1.